The second kappa shape index (κ2) is 9.77. The number of hydrogen-bond acceptors (Lipinski definition) is 6. The van der Waals surface area contributed by atoms with E-state index in [4.69, 9.17) is 9.47 Å². The smallest absolute Gasteiger partial charge is 0.266 e. The van der Waals surface area contributed by atoms with Crippen LogP contribution in [0, 0.1) is 6.92 Å². The fourth-order valence-corrected chi connectivity index (χ4v) is 4.51. The van der Waals surface area contributed by atoms with Crippen LogP contribution in [0.3, 0.4) is 0 Å². The van der Waals surface area contributed by atoms with Crippen molar-refractivity contribution >= 4 is 29.3 Å². The van der Waals surface area contributed by atoms with Crippen molar-refractivity contribution in [1.29, 1.82) is 0 Å². The number of imide groups is 1. The number of amides is 4. The lowest BCUT2D eigenvalue weighted by Gasteiger charge is -2.21. The van der Waals surface area contributed by atoms with E-state index in [2.05, 4.69) is 10.6 Å². The van der Waals surface area contributed by atoms with Crippen molar-refractivity contribution in [3.63, 3.8) is 0 Å². The van der Waals surface area contributed by atoms with E-state index >= 15 is 0 Å². The molecule has 2 aliphatic rings. The van der Waals surface area contributed by atoms with Crippen LogP contribution in [0.4, 0.5) is 5.69 Å². The van der Waals surface area contributed by atoms with Gasteiger partial charge >= 0.3 is 0 Å². The molecule has 2 aliphatic heterocycles. The fourth-order valence-electron chi connectivity index (χ4n) is 4.51. The first-order chi connectivity index (χ1) is 17.8. The van der Waals surface area contributed by atoms with Crippen LogP contribution in [0.15, 0.2) is 54.6 Å². The highest BCUT2D eigenvalue weighted by molar-refractivity contribution is 6.35. The highest BCUT2D eigenvalue weighted by Crippen LogP contribution is 2.39. The number of fused-ring (bicyclic) bond motifs is 2. The van der Waals surface area contributed by atoms with Gasteiger partial charge in [-0.3, -0.25) is 19.2 Å². The SMILES string of the molecule is CC(=O)NCCNC(=O)c1ccc2c(c1)C(=O)N(c1cccc(-c3ccc4c(c3)OCCO4)c1C)C2=O. The van der Waals surface area contributed by atoms with Gasteiger partial charge in [0.25, 0.3) is 17.7 Å². The average molecular weight is 500 g/mol. The van der Waals surface area contributed by atoms with Gasteiger partial charge in [-0.1, -0.05) is 18.2 Å². The number of nitrogens with zero attached hydrogens (tertiary/aromatic N) is 1. The lowest BCUT2D eigenvalue weighted by molar-refractivity contribution is -0.118. The molecule has 0 fully saturated rings. The predicted octanol–water partition coefficient (Wildman–Crippen LogP) is 3.10. The van der Waals surface area contributed by atoms with Gasteiger partial charge in [0.05, 0.1) is 16.8 Å². The fraction of sp³-hybridized carbons (Fsp3) is 0.214. The van der Waals surface area contributed by atoms with Crippen LogP contribution in [0.2, 0.25) is 0 Å². The molecule has 188 valence electrons. The number of rotatable bonds is 6. The molecule has 37 heavy (non-hydrogen) atoms. The van der Waals surface area contributed by atoms with Crippen LogP contribution in [-0.4, -0.2) is 49.9 Å². The molecule has 2 heterocycles. The summed E-state index contributed by atoms with van der Waals surface area (Å²) in [5, 5.41) is 5.28. The molecule has 5 rings (SSSR count). The van der Waals surface area contributed by atoms with Crippen molar-refractivity contribution < 1.29 is 28.7 Å². The summed E-state index contributed by atoms with van der Waals surface area (Å²) in [6, 6.07) is 15.5. The van der Waals surface area contributed by atoms with E-state index in [1.165, 1.54) is 25.1 Å². The van der Waals surface area contributed by atoms with E-state index in [0.29, 0.717) is 30.4 Å². The number of carbonyl (C=O) groups excluding carboxylic acids is 4. The first-order valence-electron chi connectivity index (χ1n) is 11.9. The van der Waals surface area contributed by atoms with Gasteiger partial charge in [-0.05, 0) is 60.0 Å². The van der Waals surface area contributed by atoms with Crippen molar-refractivity contribution in [3.05, 3.63) is 76.9 Å². The van der Waals surface area contributed by atoms with Gasteiger partial charge in [-0.25, -0.2) is 4.90 Å². The zero-order valence-corrected chi connectivity index (χ0v) is 20.4. The van der Waals surface area contributed by atoms with E-state index in [9.17, 15) is 19.2 Å². The number of hydrogen-bond donors (Lipinski definition) is 2. The molecule has 9 heteroatoms. The maximum atomic E-state index is 13.4. The summed E-state index contributed by atoms with van der Waals surface area (Å²) < 4.78 is 11.3. The Bertz CT molecular complexity index is 1450. The third-order valence-corrected chi connectivity index (χ3v) is 6.33. The Hall–Kier alpha value is -4.66. The molecule has 0 saturated carbocycles. The summed E-state index contributed by atoms with van der Waals surface area (Å²) in [5.41, 5.74) is 3.62. The van der Waals surface area contributed by atoms with Crippen molar-refractivity contribution in [2.45, 2.75) is 13.8 Å². The topological polar surface area (TPSA) is 114 Å². The second-order valence-electron chi connectivity index (χ2n) is 8.75. The Morgan fingerprint density at radius 2 is 1.57 bits per heavy atom. The minimum absolute atomic E-state index is 0.170. The predicted molar refractivity (Wildman–Crippen MR) is 136 cm³/mol. The summed E-state index contributed by atoms with van der Waals surface area (Å²) in [5.74, 6) is -0.195. The lowest BCUT2D eigenvalue weighted by atomic mass is 9.98. The molecular formula is C28H25N3O6. The quantitative estimate of drug-likeness (QED) is 0.398. The summed E-state index contributed by atoms with van der Waals surface area (Å²) in [4.78, 5) is 51.3. The minimum atomic E-state index is -0.490. The Morgan fingerprint density at radius 1 is 0.838 bits per heavy atom. The van der Waals surface area contributed by atoms with Gasteiger partial charge in [0.15, 0.2) is 11.5 Å². The lowest BCUT2D eigenvalue weighted by Crippen LogP contribution is -2.33. The maximum Gasteiger partial charge on any atom is 0.266 e. The van der Waals surface area contributed by atoms with Gasteiger partial charge in [0, 0.05) is 25.6 Å². The van der Waals surface area contributed by atoms with Crippen molar-refractivity contribution in [3.8, 4) is 22.6 Å². The maximum absolute atomic E-state index is 13.4. The first-order valence-corrected chi connectivity index (χ1v) is 11.9. The molecule has 0 atom stereocenters. The zero-order valence-electron chi connectivity index (χ0n) is 20.4. The summed E-state index contributed by atoms with van der Waals surface area (Å²) in [7, 11) is 0. The molecule has 0 saturated heterocycles. The van der Waals surface area contributed by atoms with Crippen LogP contribution < -0.4 is 25.0 Å². The van der Waals surface area contributed by atoms with Crippen LogP contribution in [0.1, 0.15) is 43.6 Å². The standard InChI is InChI=1S/C28H25N3O6/c1-16-20(18-7-9-24-25(15-18)37-13-12-36-24)4-3-5-23(16)31-27(34)21-8-6-19(14-22(21)28(31)35)26(33)30-11-10-29-17(2)32/h3-9,14-15H,10-13H2,1-2H3,(H,29,32)(H,30,33). The summed E-state index contributed by atoms with van der Waals surface area (Å²) >= 11 is 0. The molecule has 0 radical (unpaired) electrons. The van der Waals surface area contributed by atoms with Crippen molar-refractivity contribution in [2.24, 2.45) is 0 Å². The normalized spacial score (nSPS) is 13.8. The van der Waals surface area contributed by atoms with Crippen LogP contribution in [0.5, 0.6) is 11.5 Å². The second-order valence-corrected chi connectivity index (χ2v) is 8.75. The third-order valence-electron chi connectivity index (χ3n) is 6.33. The molecule has 0 unspecified atom stereocenters. The largest absolute Gasteiger partial charge is 0.486 e. The third kappa shape index (κ3) is 4.51. The Balaban J connectivity index is 1.41. The molecular weight excluding hydrogens is 474 g/mol. The van der Waals surface area contributed by atoms with Gasteiger partial charge in [-0.2, -0.15) is 0 Å². The molecule has 9 nitrogen and oxygen atoms in total. The van der Waals surface area contributed by atoms with Crippen molar-refractivity contribution in [2.75, 3.05) is 31.2 Å². The molecule has 0 spiro atoms. The van der Waals surface area contributed by atoms with E-state index in [-0.39, 0.29) is 35.7 Å². The summed E-state index contributed by atoms with van der Waals surface area (Å²) in [6.45, 7) is 4.75. The van der Waals surface area contributed by atoms with Crippen LogP contribution >= 0.6 is 0 Å². The number of benzene rings is 3. The van der Waals surface area contributed by atoms with Gasteiger partial charge in [-0.15, -0.1) is 0 Å². The highest BCUT2D eigenvalue weighted by Gasteiger charge is 2.38. The molecule has 3 aromatic carbocycles. The summed E-state index contributed by atoms with van der Waals surface area (Å²) in [6.07, 6.45) is 0. The molecule has 4 amide bonds. The highest BCUT2D eigenvalue weighted by atomic mass is 16.6. The number of carbonyl (C=O) groups is 4. The van der Waals surface area contributed by atoms with Gasteiger partial charge < -0.3 is 20.1 Å². The van der Waals surface area contributed by atoms with Gasteiger partial charge in [0.1, 0.15) is 13.2 Å². The van der Waals surface area contributed by atoms with Gasteiger partial charge in [0.2, 0.25) is 5.91 Å². The average Bonchev–Trinajstić information content (AvgIpc) is 3.15. The molecule has 0 bridgehead atoms. The van der Waals surface area contributed by atoms with E-state index in [1.54, 1.807) is 12.1 Å². The first kappa shape index (κ1) is 24.1. The van der Waals surface area contributed by atoms with Crippen molar-refractivity contribution in [1.82, 2.24) is 10.6 Å². The molecule has 2 N–H and O–H groups in total. The Labute approximate surface area is 213 Å². The van der Waals surface area contributed by atoms with E-state index < -0.39 is 17.7 Å². The van der Waals surface area contributed by atoms with E-state index in [1.807, 2.05) is 31.2 Å². The number of nitrogens with one attached hydrogen (secondary N) is 2. The van der Waals surface area contributed by atoms with Crippen LogP contribution in [-0.2, 0) is 4.79 Å². The Morgan fingerprint density at radius 3 is 2.35 bits per heavy atom. The minimum Gasteiger partial charge on any atom is -0.486 e. The molecule has 0 aromatic heterocycles. The number of anilines is 1. The molecule has 3 aromatic rings. The number of ether oxygens (including phenoxy) is 2. The Kier molecular flexibility index (Phi) is 6.35. The monoisotopic (exact) mass is 499 g/mol. The van der Waals surface area contributed by atoms with Crippen LogP contribution in [0.25, 0.3) is 11.1 Å². The molecule has 0 aliphatic carbocycles. The van der Waals surface area contributed by atoms with E-state index in [0.717, 1.165) is 21.6 Å². The zero-order chi connectivity index (χ0) is 26.1.